The van der Waals surface area contributed by atoms with Gasteiger partial charge in [-0.3, -0.25) is 4.79 Å². The summed E-state index contributed by atoms with van der Waals surface area (Å²) in [6, 6.07) is 0.380. The molecule has 1 aliphatic heterocycles. The van der Waals surface area contributed by atoms with Gasteiger partial charge in [0, 0.05) is 19.0 Å². The average Bonchev–Trinajstić information content (AvgIpc) is 2.37. The van der Waals surface area contributed by atoms with E-state index in [2.05, 4.69) is 10.6 Å². The van der Waals surface area contributed by atoms with Gasteiger partial charge in [0.25, 0.3) is 0 Å². The molecule has 0 aromatic rings. The predicted octanol–water partition coefficient (Wildman–Crippen LogP) is 2.46. The number of nitrogens with one attached hydrogen (secondary N) is 2. The molecule has 4 bridgehead atoms. The second kappa shape index (κ2) is 5.01. The number of amides is 1. The average molecular weight is 276 g/mol. The third-order valence-corrected chi connectivity index (χ3v) is 6.36. The Kier molecular flexibility index (Phi) is 3.29. The summed E-state index contributed by atoms with van der Waals surface area (Å²) < 4.78 is 0. The molecule has 5 rings (SSSR count). The van der Waals surface area contributed by atoms with Gasteiger partial charge in [-0.15, -0.1) is 0 Å². The number of carbonyl (C=O) groups excluding carboxylic acids is 1. The fraction of sp³-hybridized carbons (Fsp3) is 0.941. The molecule has 1 heterocycles. The summed E-state index contributed by atoms with van der Waals surface area (Å²) in [5.41, 5.74) is 0.390. The van der Waals surface area contributed by atoms with Gasteiger partial charge in [0.1, 0.15) is 0 Å². The van der Waals surface area contributed by atoms with Crippen LogP contribution < -0.4 is 10.6 Å². The standard InChI is InChI=1S/C17H28N2O/c20-16(19-15-2-1-3-18-11-15)10-17-7-12-4-13(8-17)6-14(5-12)9-17/h12-15,18H,1-11H2,(H,19,20)/t12?,13?,14?,15-,17?/m1/s1. The molecule has 112 valence electrons. The second-order valence-electron chi connectivity index (χ2n) is 8.21. The Morgan fingerprint density at radius 1 is 1.10 bits per heavy atom. The van der Waals surface area contributed by atoms with Gasteiger partial charge in [0.05, 0.1) is 0 Å². The number of rotatable bonds is 3. The van der Waals surface area contributed by atoms with E-state index in [4.69, 9.17) is 0 Å². The molecule has 5 fully saturated rings. The normalized spacial score (nSPS) is 46.4. The molecule has 5 aliphatic rings. The second-order valence-corrected chi connectivity index (χ2v) is 8.21. The van der Waals surface area contributed by atoms with E-state index < -0.39 is 0 Å². The molecule has 1 atom stereocenters. The Labute approximate surface area is 122 Å². The molecule has 3 heteroatoms. The Balaban J connectivity index is 1.37. The van der Waals surface area contributed by atoms with Crippen LogP contribution in [0.3, 0.4) is 0 Å². The van der Waals surface area contributed by atoms with Gasteiger partial charge in [-0.05, 0) is 81.1 Å². The highest BCUT2D eigenvalue weighted by atomic mass is 16.1. The first-order valence-corrected chi connectivity index (χ1v) is 8.71. The zero-order valence-electron chi connectivity index (χ0n) is 12.5. The molecule has 4 saturated carbocycles. The molecular weight excluding hydrogens is 248 g/mol. The summed E-state index contributed by atoms with van der Waals surface area (Å²) in [6.07, 6.45) is 11.6. The Hall–Kier alpha value is -0.570. The van der Waals surface area contributed by atoms with Crippen LogP contribution in [0.15, 0.2) is 0 Å². The molecule has 2 N–H and O–H groups in total. The van der Waals surface area contributed by atoms with Crippen molar-refractivity contribution in [3.05, 3.63) is 0 Å². The van der Waals surface area contributed by atoms with Crippen LogP contribution in [0.25, 0.3) is 0 Å². The lowest BCUT2D eigenvalue weighted by Gasteiger charge is -2.56. The van der Waals surface area contributed by atoms with Crippen LogP contribution in [-0.4, -0.2) is 25.0 Å². The largest absolute Gasteiger partial charge is 0.352 e. The van der Waals surface area contributed by atoms with E-state index in [1.54, 1.807) is 0 Å². The fourth-order valence-electron chi connectivity index (χ4n) is 6.10. The van der Waals surface area contributed by atoms with Gasteiger partial charge < -0.3 is 10.6 Å². The highest BCUT2D eigenvalue weighted by molar-refractivity contribution is 5.77. The minimum atomic E-state index is 0.334. The van der Waals surface area contributed by atoms with E-state index in [1.807, 2.05) is 0 Å². The predicted molar refractivity (Wildman–Crippen MR) is 79.3 cm³/mol. The summed E-state index contributed by atoms with van der Waals surface area (Å²) >= 11 is 0. The molecule has 0 radical (unpaired) electrons. The lowest BCUT2D eigenvalue weighted by Crippen LogP contribution is -2.50. The Morgan fingerprint density at radius 2 is 1.75 bits per heavy atom. The third kappa shape index (κ3) is 2.49. The monoisotopic (exact) mass is 276 g/mol. The molecular formula is C17H28N2O. The number of hydrogen-bond donors (Lipinski definition) is 2. The minimum Gasteiger partial charge on any atom is -0.352 e. The van der Waals surface area contributed by atoms with Crippen molar-refractivity contribution >= 4 is 5.91 Å². The minimum absolute atomic E-state index is 0.334. The molecule has 0 aromatic carbocycles. The van der Waals surface area contributed by atoms with Crippen LogP contribution in [-0.2, 0) is 4.79 Å². The first-order chi connectivity index (χ1) is 9.71. The maximum Gasteiger partial charge on any atom is 0.220 e. The third-order valence-electron chi connectivity index (χ3n) is 6.36. The number of hydrogen-bond acceptors (Lipinski definition) is 2. The topological polar surface area (TPSA) is 41.1 Å². The van der Waals surface area contributed by atoms with Gasteiger partial charge >= 0.3 is 0 Å². The summed E-state index contributed by atoms with van der Waals surface area (Å²) in [6.45, 7) is 2.08. The lowest BCUT2D eigenvalue weighted by molar-refractivity contribution is -0.130. The maximum absolute atomic E-state index is 12.5. The molecule has 0 aromatic heterocycles. The van der Waals surface area contributed by atoms with Crippen molar-refractivity contribution in [1.82, 2.24) is 10.6 Å². The van der Waals surface area contributed by atoms with Crippen LogP contribution in [0, 0.1) is 23.2 Å². The maximum atomic E-state index is 12.5. The first-order valence-electron chi connectivity index (χ1n) is 8.71. The molecule has 1 saturated heterocycles. The van der Waals surface area contributed by atoms with E-state index in [-0.39, 0.29) is 0 Å². The van der Waals surface area contributed by atoms with Gasteiger partial charge in [0.15, 0.2) is 0 Å². The van der Waals surface area contributed by atoms with E-state index in [9.17, 15) is 4.79 Å². The van der Waals surface area contributed by atoms with Gasteiger partial charge in [-0.1, -0.05) is 0 Å². The number of carbonyl (C=O) groups is 1. The van der Waals surface area contributed by atoms with Crippen molar-refractivity contribution in [1.29, 1.82) is 0 Å². The summed E-state index contributed by atoms with van der Waals surface area (Å²) in [5.74, 6) is 3.18. The van der Waals surface area contributed by atoms with Crippen LogP contribution in [0.4, 0.5) is 0 Å². The van der Waals surface area contributed by atoms with Crippen LogP contribution >= 0.6 is 0 Å². The smallest absolute Gasteiger partial charge is 0.220 e. The van der Waals surface area contributed by atoms with Gasteiger partial charge in [-0.2, -0.15) is 0 Å². The molecule has 20 heavy (non-hydrogen) atoms. The van der Waals surface area contributed by atoms with E-state index in [0.29, 0.717) is 17.4 Å². The van der Waals surface area contributed by atoms with Crippen LogP contribution in [0.5, 0.6) is 0 Å². The van der Waals surface area contributed by atoms with Crippen molar-refractivity contribution in [2.24, 2.45) is 23.2 Å². The first kappa shape index (κ1) is 13.1. The van der Waals surface area contributed by atoms with Crippen molar-refractivity contribution in [3.8, 4) is 0 Å². The molecule has 1 amide bonds. The van der Waals surface area contributed by atoms with Crippen LogP contribution in [0.1, 0.15) is 57.8 Å². The lowest BCUT2D eigenvalue weighted by atomic mass is 9.49. The SMILES string of the molecule is O=C(CC12CC3CC(CC(C3)C1)C2)N[C@@H]1CCCNC1. The quantitative estimate of drug-likeness (QED) is 0.831. The van der Waals surface area contributed by atoms with Crippen LogP contribution in [0.2, 0.25) is 0 Å². The summed E-state index contributed by atoms with van der Waals surface area (Å²) in [4.78, 5) is 12.5. The van der Waals surface area contributed by atoms with Crippen molar-refractivity contribution < 1.29 is 4.79 Å². The van der Waals surface area contributed by atoms with Gasteiger partial charge in [-0.25, -0.2) is 0 Å². The van der Waals surface area contributed by atoms with E-state index >= 15 is 0 Å². The van der Waals surface area contributed by atoms with E-state index in [0.717, 1.165) is 43.7 Å². The van der Waals surface area contributed by atoms with Crippen molar-refractivity contribution in [2.45, 2.75) is 63.8 Å². The Morgan fingerprint density at radius 3 is 2.30 bits per heavy atom. The Bertz CT molecular complexity index is 351. The molecule has 4 aliphatic carbocycles. The highest BCUT2D eigenvalue weighted by Gasteiger charge is 2.51. The highest BCUT2D eigenvalue weighted by Crippen LogP contribution is 2.61. The van der Waals surface area contributed by atoms with Crippen molar-refractivity contribution in [2.75, 3.05) is 13.1 Å². The zero-order chi connectivity index (χ0) is 13.6. The van der Waals surface area contributed by atoms with E-state index in [1.165, 1.54) is 44.9 Å². The molecule has 0 unspecified atom stereocenters. The molecule has 3 nitrogen and oxygen atoms in total. The molecule has 0 spiro atoms. The van der Waals surface area contributed by atoms with Gasteiger partial charge in [0.2, 0.25) is 5.91 Å². The van der Waals surface area contributed by atoms with Crippen molar-refractivity contribution in [3.63, 3.8) is 0 Å². The fourth-order valence-corrected chi connectivity index (χ4v) is 6.10. The summed E-state index contributed by atoms with van der Waals surface area (Å²) in [5, 5.41) is 6.68. The zero-order valence-corrected chi connectivity index (χ0v) is 12.5. The number of piperidine rings is 1. The summed E-state index contributed by atoms with van der Waals surface area (Å²) in [7, 11) is 0.